The van der Waals surface area contributed by atoms with Gasteiger partial charge in [0.25, 0.3) is 0 Å². The first-order valence-electron chi connectivity index (χ1n) is 7.98. The molecule has 1 amide bonds. The standard InChI is InChI=1S/C16H23NO3.C2H6/c1-16(2,3)20-15(18)17-11-13(10-14(17)19-4)12-8-6-5-7-9-12;1-2/h5-9,13-14H,10-11H2,1-4H3;1-2H3. The molecule has 2 unspecified atom stereocenters. The lowest BCUT2D eigenvalue weighted by Gasteiger charge is -2.27. The molecule has 2 rings (SSSR count). The van der Waals surface area contributed by atoms with Gasteiger partial charge >= 0.3 is 6.09 Å². The topological polar surface area (TPSA) is 38.8 Å². The Labute approximate surface area is 134 Å². The first-order chi connectivity index (χ1) is 10.4. The highest BCUT2D eigenvalue weighted by Crippen LogP contribution is 2.32. The smallest absolute Gasteiger partial charge is 0.412 e. The Hall–Kier alpha value is -1.55. The first kappa shape index (κ1) is 18.5. The second-order valence-corrected chi connectivity index (χ2v) is 6.17. The quantitative estimate of drug-likeness (QED) is 0.812. The van der Waals surface area contributed by atoms with E-state index in [1.807, 2.05) is 52.8 Å². The van der Waals surface area contributed by atoms with Crippen molar-refractivity contribution >= 4 is 6.09 Å². The zero-order valence-electron chi connectivity index (χ0n) is 14.6. The predicted octanol–water partition coefficient (Wildman–Crippen LogP) is 4.41. The summed E-state index contributed by atoms with van der Waals surface area (Å²) in [6.07, 6.45) is 0.289. The summed E-state index contributed by atoms with van der Waals surface area (Å²) in [5.41, 5.74) is 0.751. The number of carbonyl (C=O) groups is 1. The lowest BCUT2D eigenvalue weighted by atomic mass is 9.98. The molecule has 1 saturated heterocycles. The third-order valence-corrected chi connectivity index (χ3v) is 3.42. The van der Waals surface area contributed by atoms with E-state index in [1.165, 1.54) is 5.56 Å². The second-order valence-electron chi connectivity index (χ2n) is 6.17. The third-order valence-electron chi connectivity index (χ3n) is 3.42. The largest absolute Gasteiger partial charge is 0.444 e. The lowest BCUT2D eigenvalue weighted by molar-refractivity contribution is -0.0305. The molecule has 2 atom stereocenters. The number of rotatable bonds is 2. The van der Waals surface area contributed by atoms with Gasteiger partial charge in [-0.15, -0.1) is 0 Å². The van der Waals surface area contributed by atoms with Gasteiger partial charge in [-0.3, -0.25) is 4.90 Å². The van der Waals surface area contributed by atoms with Gasteiger partial charge in [-0.25, -0.2) is 4.79 Å². The van der Waals surface area contributed by atoms with Crippen molar-refractivity contribution in [3.05, 3.63) is 35.9 Å². The molecule has 124 valence electrons. The summed E-state index contributed by atoms with van der Waals surface area (Å²) in [5, 5.41) is 0. The molecule has 1 fully saturated rings. The molecular weight excluding hydrogens is 278 g/mol. The highest BCUT2D eigenvalue weighted by molar-refractivity contribution is 5.69. The third kappa shape index (κ3) is 5.02. The van der Waals surface area contributed by atoms with Crippen molar-refractivity contribution in [2.24, 2.45) is 0 Å². The van der Waals surface area contributed by atoms with Gasteiger partial charge in [0.15, 0.2) is 0 Å². The number of likely N-dealkylation sites (tertiary alicyclic amines) is 1. The van der Waals surface area contributed by atoms with Gasteiger partial charge in [0, 0.05) is 26.0 Å². The molecule has 1 aromatic rings. The number of ether oxygens (including phenoxy) is 2. The second kappa shape index (κ2) is 8.18. The van der Waals surface area contributed by atoms with Crippen molar-refractivity contribution in [2.45, 2.75) is 58.8 Å². The molecule has 0 N–H and O–H groups in total. The van der Waals surface area contributed by atoms with Crippen LogP contribution in [-0.2, 0) is 9.47 Å². The molecule has 0 radical (unpaired) electrons. The van der Waals surface area contributed by atoms with E-state index in [-0.39, 0.29) is 12.3 Å². The molecule has 22 heavy (non-hydrogen) atoms. The zero-order chi connectivity index (χ0) is 16.8. The molecule has 4 nitrogen and oxygen atoms in total. The first-order valence-corrected chi connectivity index (χ1v) is 7.98. The van der Waals surface area contributed by atoms with Crippen LogP contribution < -0.4 is 0 Å². The molecule has 0 saturated carbocycles. The van der Waals surface area contributed by atoms with Crippen LogP contribution in [0.1, 0.15) is 52.5 Å². The number of carbonyl (C=O) groups excluding carboxylic acids is 1. The maximum absolute atomic E-state index is 12.2. The van der Waals surface area contributed by atoms with Crippen molar-refractivity contribution in [3.8, 4) is 0 Å². The van der Waals surface area contributed by atoms with Gasteiger partial charge in [-0.2, -0.15) is 0 Å². The monoisotopic (exact) mass is 307 g/mol. The van der Waals surface area contributed by atoms with Gasteiger partial charge in [0.05, 0.1) is 0 Å². The van der Waals surface area contributed by atoms with E-state index in [0.29, 0.717) is 12.5 Å². The normalized spacial score (nSPS) is 21.1. The summed E-state index contributed by atoms with van der Waals surface area (Å²) >= 11 is 0. The van der Waals surface area contributed by atoms with E-state index in [1.54, 1.807) is 12.0 Å². The molecule has 0 aliphatic carbocycles. The summed E-state index contributed by atoms with van der Waals surface area (Å²) in [5.74, 6) is 0.300. The number of nitrogens with zero attached hydrogens (tertiary/aromatic N) is 1. The van der Waals surface area contributed by atoms with Crippen LogP contribution in [0.3, 0.4) is 0 Å². The van der Waals surface area contributed by atoms with E-state index >= 15 is 0 Å². The van der Waals surface area contributed by atoms with Crippen LogP contribution in [0.2, 0.25) is 0 Å². The van der Waals surface area contributed by atoms with Crippen LogP contribution in [0.5, 0.6) is 0 Å². The molecule has 1 aromatic carbocycles. The van der Waals surface area contributed by atoms with E-state index in [4.69, 9.17) is 9.47 Å². The van der Waals surface area contributed by atoms with Crippen LogP contribution >= 0.6 is 0 Å². The zero-order valence-corrected chi connectivity index (χ0v) is 14.6. The summed E-state index contributed by atoms with van der Waals surface area (Å²) in [6, 6.07) is 10.2. The van der Waals surface area contributed by atoms with Crippen LogP contribution in [0.25, 0.3) is 0 Å². The van der Waals surface area contributed by atoms with Gasteiger partial charge in [0.2, 0.25) is 0 Å². The number of benzene rings is 1. The average Bonchev–Trinajstić information content (AvgIpc) is 2.93. The minimum atomic E-state index is -0.486. The fourth-order valence-electron chi connectivity index (χ4n) is 2.50. The van der Waals surface area contributed by atoms with Gasteiger partial charge in [0.1, 0.15) is 11.8 Å². The summed E-state index contributed by atoms with van der Waals surface area (Å²) < 4.78 is 10.9. The van der Waals surface area contributed by atoms with Crippen molar-refractivity contribution < 1.29 is 14.3 Å². The Morgan fingerprint density at radius 2 is 1.77 bits per heavy atom. The maximum Gasteiger partial charge on any atom is 0.412 e. The van der Waals surface area contributed by atoms with E-state index in [0.717, 1.165) is 6.42 Å². The molecule has 1 heterocycles. The van der Waals surface area contributed by atoms with E-state index < -0.39 is 5.60 Å². The summed E-state index contributed by atoms with van der Waals surface area (Å²) in [7, 11) is 1.63. The Morgan fingerprint density at radius 1 is 1.18 bits per heavy atom. The van der Waals surface area contributed by atoms with Crippen LogP contribution in [0.4, 0.5) is 4.79 Å². The minimum absolute atomic E-state index is 0.213. The number of amides is 1. The highest BCUT2D eigenvalue weighted by Gasteiger charge is 2.38. The number of hydrogen-bond acceptors (Lipinski definition) is 3. The Bertz CT molecular complexity index is 453. The average molecular weight is 307 g/mol. The molecular formula is C18H29NO3. The molecule has 1 aliphatic rings. The summed E-state index contributed by atoms with van der Waals surface area (Å²) in [4.78, 5) is 13.9. The summed E-state index contributed by atoms with van der Waals surface area (Å²) in [6.45, 7) is 10.3. The van der Waals surface area contributed by atoms with E-state index in [2.05, 4.69) is 12.1 Å². The number of hydrogen-bond donors (Lipinski definition) is 0. The van der Waals surface area contributed by atoms with Crippen molar-refractivity contribution in [2.75, 3.05) is 13.7 Å². The molecule has 0 aromatic heterocycles. The van der Waals surface area contributed by atoms with Gasteiger partial charge in [-0.1, -0.05) is 44.2 Å². The Kier molecular flexibility index (Phi) is 6.88. The lowest BCUT2D eigenvalue weighted by Crippen LogP contribution is -2.40. The van der Waals surface area contributed by atoms with E-state index in [9.17, 15) is 4.79 Å². The van der Waals surface area contributed by atoms with Crippen LogP contribution in [0, 0.1) is 0 Å². The molecule has 4 heteroatoms. The minimum Gasteiger partial charge on any atom is -0.444 e. The van der Waals surface area contributed by atoms with Gasteiger partial charge < -0.3 is 9.47 Å². The fourth-order valence-corrected chi connectivity index (χ4v) is 2.50. The fraction of sp³-hybridized carbons (Fsp3) is 0.611. The number of methoxy groups -OCH3 is 1. The SMILES string of the molecule is CC.COC1CC(c2ccccc2)CN1C(=O)OC(C)(C)C. The molecule has 1 aliphatic heterocycles. The highest BCUT2D eigenvalue weighted by atomic mass is 16.6. The Balaban J connectivity index is 0.00000116. The van der Waals surface area contributed by atoms with Gasteiger partial charge in [-0.05, 0) is 26.3 Å². The van der Waals surface area contributed by atoms with Crippen molar-refractivity contribution in [3.63, 3.8) is 0 Å². The van der Waals surface area contributed by atoms with Crippen molar-refractivity contribution in [1.29, 1.82) is 0 Å². The molecule has 0 bridgehead atoms. The Morgan fingerprint density at radius 3 is 2.27 bits per heavy atom. The predicted molar refractivity (Wildman–Crippen MR) is 88.9 cm³/mol. The maximum atomic E-state index is 12.2. The van der Waals surface area contributed by atoms with Crippen LogP contribution in [0.15, 0.2) is 30.3 Å². The van der Waals surface area contributed by atoms with Crippen molar-refractivity contribution in [1.82, 2.24) is 4.90 Å². The van der Waals surface area contributed by atoms with Crippen LogP contribution in [-0.4, -0.2) is 36.5 Å². The molecule has 0 spiro atoms.